The summed E-state index contributed by atoms with van der Waals surface area (Å²) < 4.78 is 0. The van der Waals surface area contributed by atoms with E-state index in [9.17, 15) is 5.11 Å². The van der Waals surface area contributed by atoms with Gasteiger partial charge in [-0.3, -0.25) is 0 Å². The lowest BCUT2D eigenvalue weighted by atomic mass is 9.96. The van der Waals surface area contributed by atoms with Crippen molar-refractivity contribution in [3.8, 4) is 0 Å². The van der Waals surface area contributed by atoms with E-state index in [4.69, 9.17) is 0 Å². The zero-order chi connectivity index (χ0) is 14.8. The average molecular weight is 278 g/mol. The number of aliphatic hydroxyl groups is 1. The molecule has 2 rings (SSSR count). The number of aromatic nitrogens is 2. The lowest BCUT2D eigenvalue weighted by Crippen LogP contribution is -2.43. The van der Waals surface area contributed by atoms with Crippen LogP contribution in [0.3, 0.4) is 0 Å². The van der Waals surface area contributed by atoms with Gasteiger partial charge in [-0.15, -0.1) is 0 Å². The molecule has 0 amide bonds. The van der Waals surface area contributed by atoms with Gasteiger partial charge >= 0.3 is 0 Å². The van der Waals surface area contributed by atoms with Crippen molar-refractivity contribution < 1.29 is 5.11 Å². The minimum Gasteiger partial charge on any atom is -0.387 e. The maximum Gasteiger partial charge on any atom is 0.133 e. The Morgan fingerprint density at radius 2 is 1.95 bits per heavy atom. The van der Waals surface area contributed by atoms with Gasteiger partial charge in [-0.2, -0.15) is 0 Å². The van der Waals surface area contributed by atoms with E-state index in [0.29, 0.717) is 13.1 Å². The summed E-state index contributed by atoms with van der Waals surface area (Å²) in [6.07, 6.45) is 4.48. The molecule has 0 fully saturated rings. The highest BCUT2D eigenvalue weighted by molar-refractivity contribution is 5.48. The molecule has 0 radical (unpaired) electrons. The third-order valence-corrected chi connectivity index (χ3v) is 3.59. The van der Waals surface area contributed by atoms with Crippen molar-refractivity contribution >= 4 is 5.82 Å². The van der Waals surface area contributed by atoms with Gasteiger partial charge in [-0.25, -0.2) is 9.97 Å². The quantitative estimate of drug-likeness (QED) is 0.852. The van der Waals surface area contributed by atoms with E-state index in [1.807, 2.05) is 32.8 Å². The largest absolute Gasteiger partial charge is 0.387 e. The maximum atomic E-state index is 10.4. The molecular formula is C15H26N4O. The third-order valence-electron chi connectivity index (χ3n) is 3.59. The molecule has 0 aromatic carbocycles. The van der Waals surface area contributed by atoms with Gasteiger partial charge in [0.15, 0.2) is 0 Å². The second kappa shape index (κ2) is 6.06. The standard InChI is InChI=1S/C15H26N4O/c1-11-17-13-8-6-5-7-12(13)14(18-11)16-9-15(2,20)10-19(3)4/h20H,5-10H2,1-4H3,(H,16,17,18). The van der Waals surface area contributed by atoms with E-state index in [0.717, 1.165) is 24.5 Å². The summed E-state index contributed by atoms with van der Waals surface area (Å²) in [5, 5.41) is 13.7. The SMILES string of the molecule is Cc1nc2c(c(NCC(C)(O)CN(C)C)n1)CCCC2. The molecule has 1 aromatic rings. The molecule has 20 heavy (non-hydrogen) atoms. The first kappa shape index (κ1) is 15.2. The van der Waals surface area contributed by atoms with Gasteiger partial charge < -0.3 is 15.3 Å². The van der Waals surface area contributed by atoms with Gasteiger partial charge in [0.1, 0.15) is 11.6 Å². The highest BCUT2D eigenvalue weighted by atomic mass is 16.3. The summed E-state index contributed by atoms with van der Waals surface area (Å²) in [6.45, 7) is 4.89. The Morgan fingerprint density at radius 3 is 2.65 bits per heavy atom. The summed E-state index contributed by atoms with van der Waals surface area (Å²) in [6, 6.07) is 0. The van der Waals surface area contributed by atoms with Crippen molar-refractivity contribution in [1.29, 1.82) is 0 Å². The second-order valence-electron chi connectivity index (χ2n) is 6.34. The fraction of sp³-hybridized carbons (Fsp3) is 0.733. The predicted molar refractivity (Wildman–Crippen MR) is 81.1 cm³/mol. The summed E-state index contributed by atoms with van der Waals surface area (Å²) in [5.74, 6) is 1.71. The maximum absolute atomic E-state index is 10.4. The van der Waals surface area contributed by atoms with E-state index in [2.05, 4.69) is 15.3 Å². The van der Waals surface area contributed by atoms with Crippen LogP contribution in [0.2, 0.25) is 0 Å². The molecule has 1 atom stereocenters. The van der Waals surface area contributed by atoms with Gasteiger partial charge in [0.2, 0.25) is 0 Å². The highest BCUT2D eigenvalue weighted by Gasteiger charge is 2.23. The van der Waals surface area contributed by atoms with E-state index < -0.39 is 5.60 Å². The Kier molecular flexibility index (Phi) is 4.60. The van der Waals surface area contributed by atoms with Crippen LogP contribution in [-0.2, 0) is 12.8 Å². The van der Waals surface area contributed by atoms with E-state index in [1.54, 1.807) is 0 Å². The first-order valence-electron chi connectivity index (χ1n) is 7.35. The molecule has 0 aliphatic heterocycles. The van der Waals surface area contributed by atoms with Crippen LogP contribution in [0.5, 0.6) is 0 Å². The molecular weight excluding hydrogens is 252 g/mol. The van der Waals surface area contributed by atoms with E-state index in [1.165, 1.54) is 24.1 Å². The number of rotatable bonds is 5. The molecule has 1 heterocycles. The second-order valence-corrected chi connectivity index (χ2v) is 6.34. The smallest absolute Gasteiger partial charge is 0.133 e. The third kappa shape index (κ3) is 3.90. The minimum absolute atomic E-state index is 0.494. The van der Waals surface area contributed by atoms with Crippen LogP contribution in [-0.4, -0.2) is 52.8 Å². The van der Waals surface area contributed by atoms with Gasteiger partial charge in [0, 0.05) is 24.3 Å². The van der Waals surface area contributed by atoms with Crippen LogP contribution in [0.4, 0.5) is 5.82 Å². The van der Waals surface area contributed by atoms with Gasteiger partial charge in [0.05, 0.1) is 5.60 Å². The number of hydrogen-bond acceptors (Lipinski definition) is 5. The average Bonchev–Trinajstić information content (AvgIpc) is 2.34. The topological polar surface area (TPSA) is 61.3 Å². The van der Waals surface area contributed by atoms with Gasteiger partial charge in [-0.05, 0) is 53.6 Å². The lowest BCUT2D eigenvalue weighted by Gasteiger charge is -2.28. The molecule has 1 unspecified atom stereocenters. The number of likely N-dealkylation sites (N-methyl/N-ethyl adjacent to an activating group) is 1. The number of hydrogen-bond donors (Lipinski definition) is 2. The van der Waals surface area contributed by atoms with Crippen molar-refractivity contribution in [2.75, 3.05) is 32.5 Å². The van der Waals surface area contributed by atoms with Crippen molar-refractivity contribution in [3.63, 3.8) is 0 Å². The van der Waals surface area contributed by atoms with Crippen molar-refractivity contribution in [3.05, 3.63) is 17.1 Å². The Balaban J connectivity index is 2.11. The number of nitrogens with one attached hydrogen (secondary N) is 1. The van der Waals surface area contributed by atoms with Crippen LogP contribution in [0, 0.1) is 6.92 Å². The number of fused-ring (bicyclic) bond motifs is 1. The fourth-order valence-corrected chi connectivity index (χ4v) is 2.87. The molecule has 0 saturated heterocycles. The first-order valence-corrected chi connectivity index (χ1v) is 7.35. The molecule has 5 nitrogen and oxygen atoms in total. The molecule has 0 saturated carbocycles. The highest BCUT2D eigenvalue weighted by Crippen LogP contribution is 2.25. The fourth-order valence-electron chi connectivity index (χ4n) is 2.87. The summed E-state index contributed by atoms with van der Waals surface area (Å²) in [5.41, 5.74) is 1.64. The Morgan fingerprint density at radius 1 is 1.25 bits per heavy atom. The Labute approximate surface area is 121 Å². The summed E-state index contributed by atoms with van der Waals surface area (Å²) in [7, 11) is 3.93. The zero-order valence-electron chi connectivity index (χ0n) is 13.0. The number of aryl methyl sites for hydroxylation is 2. The molecule has 5 heteroatoms. The number of nitrogens with zero attached hydrogens (tertiary/aromatic N) is 3. The Hall–Kier alpha value is -1.20. The number of anilines is 1. The molecule has 1 aromatic heterocycles. The van der Waals surface area contributed by atoms with Crippen LogP contribution >= 0.6 is 0 Å². The monoisotopic (exact) mass is 278 g/mol. The van der Waals surface area contributed by atoms with Gasteiger partial charge in [0.25, 0.3) is 0 Å². The van der Waals surface area contributed by atoms with E-state index >= 15 is 0 Å². The van der Waals surface area contributed by atoms with Crippen LogP contribution in [0.25, 0.3) is 0 Å². The molecule has 0 spiro atoms. The van der Waals surface area contributed by atoms with Gasteiger partial charge in [-0.1, -0.05) is 0 Å². The molecule has 2 N–H and O–H groups in total. The normalized spacial score (nSPS) is 17.7. The zero-order valence-corrected chi connectivity index (χ0v) is 13.0. The van der Waals surface area contributed by atoms with Crippen molar-refractivity contribution in [2.24, 2.45) is 0 Å². The van der Waals surface area contributed by atoms with E-state index in [-0.39, 0.29) is 0 Å². The summed E-state index contributed by atoms with van der Waals surface area (Å²) in [4.78, 5) is 11.1. The molecule has 1 aliphatic rings. The van der Waals surface area contributed by atoms with Crippen molar-refractivity contribution in [1.82, 2.24) is 14.9 Å². The lowest BCUT2D eigenvalue weighted by molar-refractivity contribution is 0.0459. The van der Waals surface area contributed by atoms with Crippen LogP contribution in [0.15, 0.2) is 0 Å². The predicted octanol–water partition coefficient (Wildman–Crippen LogP) is 1.39. The molecule has 112 valence electrons. The first-order chi connectivity index (χ1) is 9.37. The van der Waals surface area contributed by atoms with Crippen LogP contribution in [0.1, 0.15) is 36.8 Å². The molecule has 1 aliphatic carbocycles. The summed E-state index contributed by atoms with van der Waals surface area (Å²) >= 11 is 0. The minimum atomic E-state index is -0.774. The van der Waals surface area contributed by atoms with Crippen molar-refractivity contribution in [2.45, 2.75) is 45.1 Å². The Bertz CT molecular complexity index is 471. The molecule has 0 bridgehead atoms. The van der Waals surface area contributed by atoms with Crippen LogP contribution < -0.4 is 5.32 Å².